The number of fused-ring (bicyclic) bond motifs is 1. The quantitative estimate of drug-likeness (QED) is 0.0667. The highest BCUT2D eigenvalue weighted by Gasteiger charge is 2.31. The van der Waals surface area contributed by atoms with E-state index >= 15 is 0 Å². The minimum absolute atomic E-state index is 0.0350. The van der Waals surface area contributed by atoms with Crippen molar-refractivity contribution in [2.45, 2.75) is 130 Å². The van der Waals surface area contributed by atoms with E-state index in [0.29, 0.717) is 31.7 Å². The molecule has 4 amide bonds. The first-order valence-corrected chi connectivity index (χ1v) is 19.5. The molecule has 0 bridgehead atoms. The molecular formula is C43H62N4O6. The summed E-state index contributed by atoms with van der Waals surface area (Å²) in [6.07, 6.45) is 4.66. The lowest BCUT2D eigenvalue weighted by atomic mass is 9.95. The van der Waals surface area contributed by atoms with Gasteiger partial charge in [0.1, 0.15) is 18.7 Å². The number of nitrogens with one attached hydrogen (secondary N) is 4. The van der Waals surface area contributed by atoms with Crippen molar-refractivity contribution in [1.29, 1.82) is 0 Å². The number of hydrogen-bond donors (Lipinski definition) is 5. The zero-order chi connectivity index (χ0) is 38.6. The number of carbonyl (C=O) groups is 4. The van der Waals surface area contributed by atoms with E-state index < -0.39 is 42.1 Å². The summed E-state index contributed by atoms with van der Waals surface area (Å²) in [7, 11) is 0. The second-order valence-corrected chi connectivity index (χ2v) is 14.7. The van der Waals surface area contributed by atoms with Crippen molar-refractivity contribution in [2.24, 2.45) is 11.8 Å². The van der Waals surface area contributed by atoms with Gasteiger partial charge in [0.2, 0.25) is 17.7 Å². The van der Waals surface area contributed by atoms with Crippen LogP contribution in [0.4, 0.5) is 4.79 Å². The molecule has 0 aliphatic carbocycles. The molecule has 0 aliphatic heterocycles. The van der Waals surface area contributed by atoms with Crippen LogP contribution in [-0.2, 0) is 32.1 Å². The molecule has 10 nitrogen and oxygen atoms in total. The summed E-state index contributed by atoms with van der Waals surface area (Å²) in [6, 6.07) is 20.3. The maximum Gasteiger partial charge on any atom is 0.408 e. The van der Waals surface area contributed by atoms with Gasteiger partial charge in [0.05, 0.1) is 18.6 Å². The van der Waals surface area contributed by atoms with Crippen LogP contribution in [0.2, 0.25) is 0 Å². The Morgan fingerprint density at radius 1 is 0.755 bits per heavy atom. The second-order valence-electron chi connectivity index (χ2n) is 14.7. The molecular weight excluding hydrogens is 668 g/mol. The third-order valence-corrected chi connectivity index (χ3v) is 9.61. The topological polar surface area (TPSA) is 146 Å². The van der Waals surface area contributed by atoms with E-state index in [2.05, 4.69) is 35.1 Å². The molecule has 3 aromatic carbocycles. The van der Waals surface area contributed by atoms with E-state index in [1.165, 1.54) is 0 Å². The van der Waals surface area contributed by atoms with Crippen LogP contribution in [0.5, 0.6) is 0 Å². The number of aliphatic hydroxyl groups excluding tert-OH is 1. The Morgan fingerprint density at radius 3 is 2.15 bits per heavy atom. The molecule has 0 spiro atoms. The first-order valence-electron chi connectivity index (χ1n) is 19.5. The molecule has 5 N–H and O–H groups in total. The lowest BCUT2D eigenvalue weighted by Gasteiger charge is -2.29. The Labute approximate surface area is 316 Å². The molecule has 0 radical (unpaired) electrons. The van der Waals surface area contributed by atoms with Crippen molar-refractivity contribution < 1.29 is 29.0 Å². The fourth-order valence-electron chi connectivity index (χ4n) is 6.24. The van der Waals surface area contributed by atoms with Crippen molar-refractivity contribution >= 4 is 34.6 Å². The monoisotopic (exact) mass is 730 g/mol. The molecule has 3 unspecified atom stereocenters. The highest BCUT2D eigenvalue weighted by atomic mass is 16.5. The number of alkyl carbamates (subject to hydrolysis) is 1. The third kappa shape index (κ3) is 15.6. The van der Waals surface area contributed by atoms with Crippen LogP contribution in [0.25, 0.3) is 10.8 Å². The molecule has 290 valence electrons. The number of carbonyl (C=O) groups excluding carboxylic acids is 4. The first kappa shape index (κ1) is 43.0. The number of amides is 4. The summed E-state index contributed by atoms with van der Waals surface area (Å²) in [5.41, 5.74) is 1.67. The van der Waals surface area contributed by atoms with E-state index in [9.17, 15) is 24.3 Å². The molecule has 0 saturated heterocycles. The van der Waals surface area contributed by atoms with Crippen LogP contribution in [0.15, 0.2) is 72.8 Å². The molecule has 0 fully saturated rings. The molecule has 0 aliphatic rings. The van der Waals surface area contributed by atoms with Gasteiger partial charge >= 0.3 is 6.09 Å². The molecule has 0 heterocycles. The Bertz CT molecular complexity index is 1560. The van der Waals surface area contributed by atoms with Crippen molar-refractivity contribution in [2.75, 3.05) is 6.54 Å². The van der Waals surface area contributed by atoms with Gasteiger partial charge in [-0.05, 0) is 46.6 Å². The molecule has 3 rings (SSSR count). The summed E-state index contributed by atoms with van der Waals surface area (Å²) in [5.74, 6) is -0.795. The van der Waals surface area contributed by atoms with Crippen molar-refractivity contribution in [3.05, 3.63) is 83.9 Å². The maximum absolute atomic E-state index is 14.2. The third-order valence-electron chi connectivity index (χ3n) is 9.61. The van der Waals surface area contributed by atoms with Gasteiger partial charge in [-0.2, -0.15) is 0 Å². The second kappa shape index (κ2) is 23.3. The van der Waals surface area contributed by atoms with Gasteiger partial charge in [0.25, 0.3) is 0 Å². The van der Waals surface area contributed by atoms with Crippen LogP contribution in [0, 0.1) is 11.8 Å². The molecule has 5 atom stereocenters. The number of aliphatic hydroxyl groups is 1. The number of ether oxygens (including phenoxy) is 1. The number of benzene rings is 3. The number of rotatable bonds is 23. The van der Waals surface area contributed by atoms with Gasteiger partial charge in [-0.3, -0.25) is 14.4 Å². The highest BCUT2D eigenvalue weighted by molar-refractivity contribution is 5.92. The van der Waals surface area contributed by atoms with Gasteiger partial charge in [-0.15, -0.1) is 0 Å². The predicted molar refractivity (Wildman–Crippen MR) is 211 cm³/mol. The normalized spacial score (nSPS) is 14.1. The van der Waals surface area contributed by atoms with Crippen molar-refractivity contribution in [3.8, 4) is 0 Å². The van der Waals surface area contributed by atoms with Crippen LogP contribution in [0.3, 0.4) is 0 Å². The molecule has 0 aromatic heterocycles. The van der Waals surface area contributed by atoms with E-state index in [0.717, 1.165) is 54.0 Å². The van der Waals surface area contributed by atoms with E-state index in [1.807, 2.05) is 93.6 Å². The molecule has 53 heavy (non-hydrogen) atoms. The number of unbranched alkanes of at least 4 members (excludes halogenated alkanes) is 4. The maximum atomic E-state index is 14.2. The van der Waals surface area contributed by atoms with Gasteiger partial charge in [-0.1, -0.05) is 146 Å². The summed E-state index contributed by atoms with van der Waals surface area (Å²) in [6.45, 7) is 10.8. The summed E-state index contributed by atoms with van der Waals surface area (Å²) in [5, 5.41) is 24.7. The SMILES string of the molecule is CCCCCCC[C@H](NC(=O)[C@H](Cc1cccc2ccccc12)NC(=O)OCc1ccccc1)C(=O)NC(CC(C)C)C(O)CC(=O)NCC(C)CC. The van der Waals surface area contributed by atoms with Crippen LogP contribution in [-0.4, -0.2) is 59.7 Å². The standard InChI is InChI=1S/C43H62N4O6/c1-6-8-9-10-14-24-36(41(50)46-37(25-30(3)4)39(48)27-40(49)44-28-31(5)7-2)45-42(51)38(47-43(52)53-29-32-18-12-11-13-19-32)26-34-22-17-21-33-20-15-16-23-35(33)34/h11-13,15-23,30-31,36-39,48H,6-10,14,24-29H2,1-5H3,(H,44,49)(H,45,51)(H,46,50)(H,47,52)/t31?,36-,37?,38-,39?/m0/s1. The average molecular weight is 731 g/mol. The van der Waals surface area contributed by atoms with Gasteiger partial charge in [-0.25, -0.2) is 4.79 Å². The summed E-state index contributed by atoms with van der Waals surface area (Å²) >= 11 is 0. The zero-order valence-electron chi connectivity index (χ0n) is 32.4. The molecule has 10 heteroatoms. The minimum Gasteiger partial charge on any atom is -0.445 e. The smallest absolute Gasteiger partial charge is 0.408 e. The van der Waals surface area contributed by atoms with Crippen molar-refractivity contribution in [3.63, 3.8) is 0 Å². The van der Waals surface area contributed by atoms with Crippen molar-refractivity contribution in [1.82, 2.24) is 21.3 Å². The Morgan fingerprint density at radius 2 is 1.43 bits per heavy atom. The summed E-state index contributed by atoms with van der Waals surface area (Å²) < 4.78 is 5.50. The van der Waals surface area contributed by atoms with Crippen LogP contribution >= 0.6 is 0 Å². The fraction of sp³-hybridized carbons (Fsp3) is 0.535. The Kier molecular flexibility index (Phi) is 18.9. The van der Waals surface area contributed by atoms with E-state index in [4.69, 9.17) is 4.74 Å². The largest absolute Gasteiger partial charge is 0.445 e. The Balaban J connectivity index is 1.82. The van der Waals surface area contributed by atoms with Crippen LogP contribution in [0.1, 0.15) is 104 Å². The fourth-order valence-corrected chi connectivity index (χ4v) is 6.24. The summed E-state index contributed by atoms with van der Waals surface area (Å²) in [4.78, 5) is 54.0. The van der Waals surface area contributed by atoms with Gasteiger partial charge in [0.15, 0.2) is 0 Å². The van der Waals surface area contributed by atoms with E-state index in [-0.39, 0.29) is 31.3 Å². The predicted octanol–water partition coefficient (Wildman–Crippen LogP) is 6.97. The lowest BCUT2D eigenvalue weighted by Crippen LogP contribution is -2.57. The molecule has 3 aromatic rings. The Hall–Kier alpha value is -4.44. The average Bonchev–Trinajstić information content (AvgIpc) is 3.15. The zero-order valence-corrected chi connectivity index (χ0v) is 32.4. The highest BCUT2D eigenvalue weighted by Crippen LogP contribution is 2.21. The minimum atomic E-state index is -1.11. The molecule has 0 saturated carbocycles. The van der Waals surface area contributed by atoms with E-state index in [1.54, 1.807) is 0 Å². The van der Waals surface area contributed by atoms with Gasteiger partial charge < -0.3 is 31.1 Å². The number of hydrogen-bond acceptors (Lipinski definition) is 6. The van der Waals surface area contributed by atoms with Gasteiger partial charge in [0, 0.05) is 13.0 Å². The first-order chi connectivity index (χ1) is 25.5. The lowest BCUT2D eigenvalue weighted by molar-refractivity contribution is -0.131. The van der Waals surface area contributed by atoms with Crippen LogP contribution < -0.4 is 21.3 Å².